The second kappa shape index (κ2) is 7.44. The molecule has 29 heavy (non-hydrogen) atoms. The molecule has 1 unspecified atom stereocenters. The van der Waals surface area contributed by atoms with Gasteiger partial charge in [-0.25, -0.2) is 4.39 Å². The van der Waals surface area contributed by atoms with E-state index in [4.69, 9.17) is 4.74 Å². The first-order valence-electron chi connectivity index (χ1n) is 9.56. The minimum atomic E-state index is -0.715. The second-order valence-electron chi connectivity index (χ2n) is 7.64. The van der Waals surface area contributed by atoms with Crippen LogP contribution in [0.1, 0.15) is 28.9 Å². The molecule has 2 aromatic rings. The second-order valence-corrected chi connectivity index (χ2v) is 7.64. The van der Waals surface area contributed by atoms with Crippen LogP contribution in [0.5, 0.6) is 0 Å². The number of rotatable bonds is 2. The van der Waals surface area contributed by atoms with Crippen LogP contribution < -0.4 is 10.5 Å². The smallest absolute Gasteiger partial charge is 0.260 e. The molecule has 0 radical (unpaired) electrons. The van der Waals surface area contributed by atoms with Crippen LogP contribution in [0.25, 0.3) is 0 Å². The van der Waals surface area contributed by atoms with E-state index in [0.717, 1.165) is 0 Å². The van der Waals surface area contributed by atoms with E-state index in [1.54, 1.807) is 34.9 Å². The Kier molecular flexibility index (Phi) is 4.96. The first-order valence-corrected chi connectivity index (χ1v) is 9.56. The monoisotopic (exact) mass is 399 g/mol. The fourth-order valence-corrected chi connectivity index (χ4v) is 4.00. The zero-order valence-electron chi connectivity index (χ0n) is 16.1. The van der Waals surface area contributed by atoms with E-state index in [1.807, 2.05) is 0 Å². The van der Waals surface area contributed by atoms with Gasteiger partial charge in [0.15, 0.2) is 0 Å². The van der Waals surface area contributed by atoms with Crippen molar-refractivity contribution in [3.8, 4) is 0 Å². The van der Waals surface area contributed by atoms with E-state index in [-0.39, 0.29) is 42.9 Å². The lowest BCUT2D eigenvalue weighted by Crippen LogP contribution is -2.62. The van der Waals surface area contributed by atoms with Crippen molar-refractivity contribution < 1.29 is 18.7 Å². The highest BCUT2D eigenvalue weighted by atomic mass is 19.1. The minimum Gasteiger partial charge on any atom is -0.361 e. The standard InChI is InChI=1S/C21H22FN3O4/c1-14-3-8-17(19(27)23-14)20(28)24-10-2-9-21(12-24)13-25(18(26)11-29-21)16-6-4-15(22)5-7-16/h3-8H,2,9-13H2,1H3,(H,23,27). The maximum absolute atomic E-state index is 13.3. The number of hydrogen-bond acceptors (Lipinski definition) is 4. The number of morpholine rings is 1. The number of nitrogens with zero attached hydrogens (tertiary/aromatic N) is 2. The lowest BCUT2D eigenvalue weighted by molar-refractivity contribution is -0.144. The number of aryl methyl sites for hydroxylation is 1. The number of likely N-dealkylation sites (tertiary alicyclic amines) is 1. The van der Waals surface area contributed by atoms with Gasteiger partial charge in [-0.2, -0.15) is 0 Å². The Morgan fingerprint density at radius 1 is 1.14 bits per heavy atom. The van der Waals surface area contributed by atoms with Crippen molar-refractivity contribution in [1.29, 1.82) is 0 Å². The number of halogens is 1. The first-order chi connectivity index (χ1) is 13.9. The summed E-state index contributed by atoms with van der Waals surface area (Å²) >= 11 is 0. The number of aromatic nitrogens is 1. The Morgan fingerprint density at radius 2 is 1.90 bits per heavy atom. The van der Waals surface area contributed by atoms with Crippen molar-refractivity contribution >= 4 is 17.5 Å². The van der Waals surface area contributed by atoms with Gasteiger partial charge < -0.3 is 19.5 Å². The SMILES string of the molecule is Cc1ccc(C(=O)N2CCCC3(C2)CN(c2ccc(F)cc2)C(=O)CO3)c(=O)[nH]1. The number of hydrogen-bond donors (Lipinski definition) is 1. The van der Waals surface area contributed by atoms with Crippen molar-refractivity contribution in [3.63, 3.8) is 0 Å². The molecule has 2 saturated heterocycles. The number of amides is 2. The number of anilines is 1. The fraction of sp³-hybridized carbons (Fsp3) is 0.381. The summed E-state index contributed by atoms with van der Waals surface area (Å²) in [5, 5.41) is 0. The molecule has 1 aromatic heterocycles. The maximum Gasteiger partial charge on any atom is 0.260 e. The van der Waals surface area contributed by atoms with Gasteiger partial charge in [0.2, 0.25) is 0 Å². The molecule has 0 aliphatic carbocycles. The van der Waals surface area contributed by atoms with Crippen LogP contribution in [0.3, 0.4) is 0 Å². The summed E-state index contributed by atoms with van der Waals surface area (Å²) in [6, 6.07) is 8.97. The summed E-state index contributed by atoms with van der Waals surface area (Å²) in [4.78, 5) is 43.4. The van der Waals surface area contributed by atoms with Gasteiger partial charge in [-0.15, -0.1) is 0 Å². The van der Waals surface area contributed by atoms with Crippen LogP contribution in [0.15, 0.2) is 41.2 Å². The number of H-pyrrole nitrogens is 1. The summed E-state index contributed by atoms with van der Waals surface area (Å²) in [7, 11) is 0. The summed E-state index contributed by atoms with van der Waals surface area (Å²) in [6.07, 6.45) is 1.38. The predicted octanol–water partition coefficient (Wildman–Crippen LogP) is 1.86. The Balaban J connectivity index is 1.56. The highest BCUT2D eigenvalue weighted by Crippen LogP contribution is 2.32. The summed E-state index contributed by atoms with van der Waals surface area (Å²) < 4.78 is 19.2. The number of benzene rings is 1. The molecule has 152 valence electrons. The Bertz CT molecular complexity index is 1000. The summed E-state index contributed by atoms with van der Waals surface area (Å²) in [6.45, 7) is 2.71. The number of carbonyl (C=O) groups excluding carboxylic acids is 2. The quantitative estimate of drug-likeness (QED) is 0.836. The van der Waals surface area contributed by atoms with Crippen LogP contribution >= 0.6 is 0 Å². The number of ether oxygens (including phenoxy) is 1. The van der Waals surface area contributed by atoms with Gasteiger partial charge in [-0.3, -0.25) is 14.4 Å². The summed E-state index contributed by atoms with van der Waals surface area (Å²) in [5.41, 5.74) is 0.244. The first kappa shape index (κ1) is 19.3. The van der Waals surface area contributed by atoms with Crippen LogP contribution in [0.4, 0.5) is 10.1 Å². The van der Waals surface area contributed by atoms with E-state index in [2.05, 4.69) is 4.98 Å². The molecule has 3 heterocycles. The predicted molar refractivity (Wildman–Crippen MR) is 104 cm³/mol. The van der Waals surface area contributed by atoms with Gasteiger partial charge in [0.05, 0.1) is 13.1 Å². The van der Waals surface area contributed by atoms with Gasteiger partial charge in [0, 0.05) is 17.9 Å². The van der Waals surface area contributed by atoms with E-state index in [0.29, 0.717) is 30.8 Å². The van der Waals surface area contributed by atoms with E-state index < -0.39 is 11.2 Å². The molecular weight excluding hydrogens is 377 g/mol. The van der Waals surface area contributed by atoms with Crippen LogP contribution in [-0.4, -0.2) is 53.5 Å². The third-order valence-corrected chi connectivity index (χ3v) is 5.50. The van der Waals surface area contributed by atoms with Crippen LogP contribution in [0, 0.1) is 12.7 Å². The van der Waals surface area contributed by atoms with Crippen molar-refractivity contribution in [2.24, 2.45) is 0 Å². The molecule has 0 bridgehead atoms. The number of piperidine rings is 1. The van der Waals surface area contributed by atoms with Crippen LogP contribution in [-0.2, 0) is 9.53 Å². The number of pyridine rings is 1. The van der Waals surface area contributed by atoms with Gasteiger partial charge >= 0.3 is 0 Å². The van der Waals surface area contributed by atoms with Crippen molar-refractivity contribution in [3.05, 3.63) is 63.8 Å². The average Bonchev–Trinajstić information content (AvgIpc) is 2.70. The molecule has 1 aromatic carbocycles. The molecule has 7 nitrogen and oxygen atoms in total. The zero-order chi connectivity index (χ0) is 20.6. The molecule has 4 rings (SSSR count). The minimum absolute atomic E-state index is 0.0925. The Hall–Kier alpha value is -3.00. The average molecular weight is 399 g/mol. The van der Waals surface area contributed by atoms with Crippen molar-refractivity contribution in [1.82, 2.24) is 9.88 Å². The summed E-state index contributed by atoms with van der Waals surface area (Å²) in [5.74, 6) is -0.929. The lowest BCUT2D eigenvalue weighted by atomic mass is 9.90. The van der Waals surface area contributed by atoms with Gasteiger partial charge in [-0.05, 0) is 56.2 Å². The van der Waals surface area contributed by atoms with Crippen LogP contribution in [0.2, 0.25) is 0 Å². The number of carbonyl (C=O) groups is 2. The molecule has 1 N–H and O–H groups in total. The van der Waals surface area contributed by atoms with E-state index in [1.165, 1.54) is 18.2 Å². The molecule has 1 spiro atoms. The molecule has 2 amide bonds. The topological polar surface area (TPSA) is 82.7 Å². The highest BCUT2D eigenvalue weighted by Gasteiger charge is 2.44. The van der Waals surface area contributed by atoms with Gasteiger partial charge in [-0.1, -0.05) is 0 Å². The number of aromatic amines is 1. The molecular formula is C21H22FN3O4. The normalized spacial score (nSPS) is 22.2. The molecule has 8 heteroatoms. The molecule has 2 aliphatic heterocycles. The Morgan fingerprint density at radius 3 is 2.62 bits per heavy atom. The highest BCUT2D eigenvalue weighted by molar-refractivity contribution is 5.96. The molecule has 2 fully saturated rings. The fourth-order valence-electron chi connectivity index (χ4n) is 4.00. The van der Waals surface area contributed by atoms with Crippen molar-refractivity contribution in [2.45, 2.75) is 25.4 Å². The van der Waals surface area contributed by atoms with Crippen molar-refractivity contribution in [2.75, 3.05) is 31.1 Å². The van der Waals surface area contributed by atoms with Gasteiger partial charge in [0.25, 0.3) is 17.4 Å². The molecule has 0 saturated carbocycles. The largest absolute Gasteiger partial charge is 0.361 e. The van der Waals surface area contributed by atoms with E-state index >= 15 is 0 Å². The molecule has 2 aliphatic rings. The third kappa shape index (κ3) is 3.80. The maximum atomic E-state index is 13.3. The zero-order valence-corrected chi connectivity index (χ0v) is 16.1. The Labute approximate surface area is 167 Å². The lowest BCUT2D eigenvalue weighted by Gasteiger charge is -2.47. The van der Waals surface area contributed by atoms with Gasteiger partial charge in [0.1, 0.15) is 23.6 Å². The van der Waals surface area contributed by atoms with E-state index in [9.17, 15) is 18.8 Å². The molecule has 1 atom stereocenters. The third-order valence-electron chi connectivity index (χ3n) is 5.50. The number of nitrogens with one attached hydrogen (secondary N) is 1.